The highest BCUT2D eigenvalue weighted by Gasteiger charge is 2.50. The van der Waals surface area contributed by atoms with Crippen LogP contribution in [0.5, 0.6) is 0 Å². The van der Waals surface area contributed by atoms with Crippen molar-refractivity contribution < 1.29 is 14.3 Å². The molecule has 1 aliphatic carbocycles. The van der Waals surface area contributed by atoms with Crippen molar-refractivity contribution in [2.45, 2.75) is 84.8 Å². The molecule has 0 saturated carbocycles. The molecule has 2 aliphatic rings. The average Bonchev–Trinajstić information content (AvgIpc) is 3.20. The van der Waals surface area contributed by atoms with Crippen molar-refractivity contribution in [2.75, 3.05) is 6.61 Å². The molecule has 0 aromatic rings. The first-order chi connectivity index (χ1) is 11.8. The van der Waals surface area contributed by atoms with E-state index in [2.05, 4.69) is 45.9 Å². The van der Waals surface area contributed by atoms with Crippen molar-refractivity contribution >= 4 is 5.97 Å². The summed E-state index contributed by atoms with van der Waals surface area (Å²) in [6.45, 7) is 10.7. The van der Waals surface area contributed by atoms with Gasteiger partial charge in [-0.25, -0.2) is 0 Å². The maximum atomic E-state index is 11.1. The Morgan fingerprint density at radius 2 is 2.04 bits per heavy atom. The van der Waals surface area contributed by atoms with Crippen LogP contribution in [-0.4, -0.2) is 24.3 Å². The monoisotopic (exact) mass is 346 g/mol. The highest BCUT2D eigenvalue weighted by atomic mass is 16.6. The molecular formula is C22H34O3. The highest BCUT2D eigenvalue weighted by Crippen LogP contribution is 2.44. The standard InChI is InChI=1S/C22H34O3/c1-16-7-6-8-17(2)10-12-21-22(5,25-21)14-13-20(11-9-16)18(3)15-24-19(4)23/h8-9,11,18,21H,6-7,10,12-15H2,1-5H3/b16-9+,17-8+,20-11+/t18?,21-,22-/m0/s1. The molecule has 0 aromatic heterocycles. The van der Waals surface area contributed by atoms with E-state index in [1.165, 1.54) is 23.6 Å². The first-order valence-corrected chi connectivity index (χ1v) is 9.63. The molecule has 3 nitrogen and oxygen atoms in total. The summed E-state index contributed by atoms with van der Waals surface area (Å²) in [5.41, 5.74) is 4.24. The zero-order chi connectivity index (χ0) is 18.4. The van der Waals surface area contributed by atoms with Gasteiger partial charge < -0.3 is 9.47 Å². The maximum absolute atomic E-state index is 11.1. The summed E-state index contributed by atoms with van der Waals surface area (Å²) in [5.74, 6) is 0.0311. The Labute approximate surface area is 153 Å². The predicted molar refractivity (Wildman–Crippen MR) is 102 cm³/mol. The summed E-state index contributed by atoms with van der Waals surface area (Å²) < 4.78 is 11.2. The fraction of sp³-hybridized carbons (Fsp3) is 0.682. The Hall–Kier alpha value is -1.35. The number of ether oxygens (including phenoxy) is 2. The largest absolute Gasteiger partial charge is 0.465 e. The topological polar surface area (TPSA) is 38.8 Å². The number of carbonyl (C=O) groups is 1. The van der Waals surface area contributed by atoms with E-state index in [1.807, 2.05) is 0 Å². The Bertz CT molecular complexity index is 570. The summed E-state index contributed by atoms with van der Waals surface area (Å²) in [6.07, 6.45) is 13.7. The van der Waals surface area contributed by atoms with Crippen molar-refractivity contribution in [1.82, 2.24) is 0 Å². The van der Waals surface area contributed by atoms with Crippen molar-refractivity contribution in [3.05, 3.63) is 34.9 Å². The molecule has 1 heterocycles. The molecule has 0 aromatic carbocycles. The number of hydrogen-bond acceptors (Lipinski definition) is 3. The van der Waals surface area contributed by atoms with Crippen molar-refractivity contribution in [3.63, 3.8) is 0 Å². The second-order valence-electron chi connectivity index (χ2n) is 8.01. The number of epoxide rings is 1. The molecule has 0 N–H and O–H groups in total. The summed E-state index contributed by atoms with van der Waals surface area (Å²) in [7, 11) is 0. The first kappa shape index (κ1) is 20.0. The van der Waals surface area contributed by atoms with Gasteiger partial charge >= 0.3 is 5.97 Å². The van der Waals surface area contributed by atoms with E-state index >= 15 is 0 Å². The third kappa shape index (κ3) is 6.47. The molecule has 25 heavy (non-hydrogen) atoms. The van der Waals surface area contributed by atoms with Crippen molar-refractivity contribution in [2.24, 2.45) is 5.92 Å². The smallest absolute Gasteiger partial charge is 0.302 e. The molecule has 1 saturated heterocycles. The summed E-state index contributed by atoms with van der Waals surface area (Å²) in [6, 6.07) is 0. The molecule has 3 atom stereocenters. The third-order valence-electron chi connectivity index (χ3n) is 5.53. The van der Waals surface area contributed by atoms with Crippen LogP contribution in [0.25, 0.3) is 0 Å². The van der Waals surface area contributed by atoms with Gasteiger partial charge in [-0.1, -0.05) is 41.9 Å². The van der Waals surface area contributed by atoms with Crippen LogP contribution in [0.4, 0.5) is 0 Å². The van der Waals surface area contributed by atoms with Crippen LogP contribution < -0.4 is 0 Å². The van der Waals surface area contributed by atoms with Gasteiger partial charge in [0.2, 0.25) is 0 Å². The summed E-state index contributed by atoms with van der Waals surface area (Å²) in [5, 5.41) is 0. The quantitative estimate of drug-likeness (QED) is 0.384. The van der Waals surface area contributed by atoms with E-state index in [4.69, 9.17) is 9.47 Å². The number of fused-ring (bicyclic) bond motifs is 1. The molecule has 0 amide bonds. The maximum Gasteiger partial charge on any atom is 0.302 e. The van der Waals surface area contributed by atoms with Crippen LogP contribution in [0.3, 0.4) is 0 Å². The Balaban J connectivity index is 2.11. The lowest BCUT2D eigenvalue weighted by molar-refractivity contribution is -0.141. The number of hydrogen-bond donors (Lipinski definition) is 0. The van der Waals surface area contributed by atoms with Gasteiger partial charge in [0.1, 0.15) is 0 Å². The minimum Gasteiger partial charge on any atom is -0.465 e. The van der Waals surface area contributed by atoms with Crippen molar-refractivity contribution in [3.8, 4) is 0 Å². The van der Waals surface area contributed by atoms with Gasteiger partial charge in [-0.2, -0.15) is 0 Å². The van der Waals surface area contributed by atoms with Crippen LogP contribution in [0.1, 0.15) is 73.1 Å². The van der Waals surface area contributed by atoms with Crippen LogP contribution in [0.2, 0.25) is 0 Å². The summed E-state index contributed by atoms with van der Waals surface area (Å²) in [4.78, 5) is 11.1. The molecule has 1 unspecified atom stereocenters. The molecule has 1 aliphatic heterocycles. The van der Waals surface area contributed by atoms with E-state index in [9.17, 15) is 4.79 Å². The molecule has 1 fully saturated rings. The number of allylic oxidation sites excluding steroid dienone is 5. The Morgan fingerprint density at radius 3 is 2.76 bits per heavy atom. The third-order valence-corrected chi connectivity index (χ3v) is 5.53. The van der Waals surface area contributed by atoms with E-state index in [0.717, 1.165) is 38.5 Å². The van der Waals surface area contributed by atoms with E-state index in [0.29, 0.717) is 12.7 Å². The van der Waals surface area contributed by atoms with Gasteiger partial charge in [-0.15, -0.1) is 0 Å². The van der Waals surface area contributed by atoms with Gasteiger partial charge in [0, 0.05) is 12.8 Å². The zero-order valence-corrected chi connectivity index (χ0v) is 16.6. The fourth-order valence-electron chi connectivity index (χ4n) is 3.45. The lowest BCUT2D eigenvalue weighted by Gasteiger charge is -2.17. The van der Waals surface area contributed by atoms with E-state index in [-0.39, 0.29) is 17.5 Å². The predicted octanol–water partition coefficient (Wildman–Crippen LogP) is 5.52. The Kier molecular flexibility index (Phi) is 7.06. The van der Waals surface area contributed by atoms with Gasteiger partial charge in [-0.05, 0) is 59.3 Å². The second kappa shape index (κ2) is 8.84. The minimum absolute atomic E-state index is 0.0173. The van der Waals surface area contributed by atoms with E-state index < -0.39 is 0 Å². The molecular weight excluding hydrogens is 312 g/mol. The zero-order valence-electron chi connectivity index (χ0n) is 16.6. The van der Waals surface area contributed by atoms with Crippen molar-refractivity contribution in [1.29, 1.82) is 0 Å². The van der Waals surface area contributed by atoms with Crippen LogP contribution >= 0.6 is 0 Å². The minimum atomic E-state index is -0.209. The lowest BCUT2D eigenvalue weighted by Crippen LogP contribution is -2.15. The molecule has 0 bridgehead atoms. The molecule has 0 radical (unpaired) electrons. The first-order valence-electron chi connectivity index (χ1n) is 9.63. The second-order valence-corrected chi connectivity index (χ2v) is 8.01. The number of esters is 1. The van der Waals surface area contributed by atoms with Gasteiger partial charge in [0.05, 0.1) is 18.3 Å². The van der Waals surface area contributed by atoms with Gasteiger partial charge in [0.25, 0.3) is 0 Å². The van der Waals surface area contributed by atoms with Crippen LogP contribution in [-0.2, 0) is 14.3 Å². The normalized spacial score (nSPS) is 35.6. The lowest BCUT2D eigenvalue weighted by atomic mass is 9.89. The van der Waals surface area contributed by atoms with Gasteiger partial charge in [0.15, 0.2) is 0 Å². The molecule has 0 spiro atoms. The number of carbonyl (C=O) groups excluding carboxylic acids is 1. The molecule has 2 rings (SSSR count). The summed E-state index contributed by atoms with van der Waals surface area (Å²) >= 11 is 0. The number of rotatable bonds is 3. The fourth-order valence-corrected chi connectivity index (χ4v) is 3.45. The molecule has 3 heteroatoms. The molecule has 140 valence electrons. The van der Waals surface area contributed by atoms with E-state index in [1.54, 1.807) is 0 Å². The van der Waals surface area contributed by atoms with Crippen LogP contribution in [0.15, 0.2) is 34.9 Å². The highest BCUT2D eigenvalue weighted by molar-refractivity contribution is 5.65. The Morgan fingerprint density at radius 1 is 1.28 bits per heavy atom. The van der Waals surface area contributed by atoms with Crippen LogP contribution in [0, 0.1) is 5.92 Å². The SMILES string of the molecule is CC(=O)OCC(C)/C1=C/C=C(\C)CC/C=C(\C)CC[C@@H]2O[C@@]2(C)CC1. The van der Waals surface area contributed by atoms with Gasteiger partial charge in [-0.3, -0.25) is 4.79 Å². The average molecular weight is 347 g/mol.